The molecule has 0 aliphatic carbocycles. The molecule has 17 heavy (non-hydrogen) atoms. The minimum absolute atomic E-state index is 0.451. The molecule has 86 valence electrons. The van der Waals surface area contributed by atoms with Crippen LogP contribution in [-0.2, 0) is 6.42 Å². The number of hydrogen-bond donors (Lipinski definition) is 1. The van der Waals surface area contributed by atoms with Gasteiger partial charge in [-0.1, -0.05) is 31.2 Å². The number of rotatable bonds is 3. The first-order valence-corrected chi connectivity index (χ1v) is 5.56. The van der Waals surface area contributed by atoms with Gasteiger partial charge in [0.15, 0.2) is 0 Å². The normalized spacial score (nSPS) is 10.2. The molecule has 0 fully saturated rings. The highest BCUT2D eigenvalue weighted by Crippen LogP contribution is 2.21. The summed E-state index contributed by atoms with van der Waals surface area (Å²) in [5.74, 6) is -0.451. The van der Waals surface area contributed by atoms with E-state index in [2.05, 4.69) is 11.9 Å². The highest BCUT2D eigenvalue weighted by atomic mass is 16.1. The van der Waals surface area contributed by atoms with Gasteiger partial charge in [0.1, 0.15) is 0 Å². The van der Waals surface area contributed by atoms with Crippen LogP contribution in [0.3, 0.4) is 0 Å². The van der Waals surface area contributed by atoms with Crippen LogP contribution in [0.5, 0.6) is 0 Å². The van der Waals surface area contributed by atoms with Crippen LogP contribution >= 0.6 is 0 Å². The average Bonchev–Trinajstić information content (AvgIpc) is 2.39. The van der Waals surface area contributed by atoms with Crippen LogP contribution < -0.4 is 5.73 Å². The molecule has 0 aliphatic rings. The Morgan fingerprint density at radius 3 is 2.53 bits per heavy atom. The van der Waals surface area contributed by atoms with E-state index < -0.39 is 5.91 Å². The van der Waals surface area contributed by atoms with Gasteiger partial charge >= 0.3 is 0 Å². The molecule has 2 aromatic rings. The SMILES string of the molecule is CCc1ccc(-c2ncccc2C(N)=O)cc1. The second kappa shape index (κ2) is 4.78. The van der Waals surface area contributed by atoms with Gasteiger partial charge in [-0.25, -0.2) is 0 Å². The standard InChI is InChI=1S/C14H14N2O/c1-2-10-5-7-11(8-6-10)13-12(14(15)17)4-3-9-16-13/h3-9H,2H2,1H3,(H2,15,17). The Balaban J connectivity index is 2.48. The summed E-state index contributed by atoms with van der Waals surface area (Å²) in [4.78, 5) is 15.5. The largest absolute Gasteiger partial charge is 0.366 e. The Morgan fingerprint density at radius 2 is 1.94 bits per heavy atom. The van der Waals surface area contributed by atoms with Gasteiger partial charge < -0.3 is 5.73 Å². The van der Waals surface area contributed by atoms with Crippen molar-refractivity contribution < 1.29 is 4.79 Å². The maximum atomic E-state index is 11.3. The third kappa shape index (κ3) is 2.33. The van der Waals surface area contributed by atoms with E-state index in [1.54, 1.807) is 18.3 Å². The first kappa shape index (κ1) is 11.3. The van der Waals surface area contributed by atoms with Gasteiger partial charge in [0.25, 0.3) is 5.91 Å². The van der Waals surface area contributed by atoms with Gasteiger partial charge in [0.2, 0.25) is 0 Å². The summed E-state index contributed by atoms with van der Waals surface area (Å²) in [7, 11) is 0. The van der Waals surface area contributed by atoms with Gasteiger partial charge in [-0.05, 0) is 24.1 Å². The molecule has 0 unspecified atom stereocenters. The predicted octanol–water partition coefficient (Wildman–Crippen LogP) is 2.41. The number of benzene rings is 1. The highest BCUT2D eigenvalue weighted by molar-refractivity contribution is 5.98. The summed E-state index contributed by atoms with van der Waals surface area (Å²) in [6, 6.07) is 11.4. The monoisotopic (exact) mass is 226 g/mol. The van der Waals surface area contributed by atoms with Gasteiger partial charge in [-0.2, -0.15) is 0 Å². The summed E-state index contributed by atoms with van der Waals surface area (Å²) >= 11 is 0. The van der Waals surface area contributed by atoms with Crippen molar-refractivity contribution in [1.82, 2.24) is 4.98 Å². The van der Waals surface area contributed by atoms with E-state index in [-0.39, 0.29) is 0 Å². The molecular formula is C14H14N2O. The maximum Gasteiger partial charge on any atom is 0.250 e. The van der Waals surface area contributed by atoms with Gasteiger partial charge in [0.05, 0.1) is 11.3 Å². The molecule has 3 heteroatoms. The summed E-state index contributed by atoms with van der Waals surface area (Å²) in [5, 5.41) is 0. The number of amides is 1. The number of carbonyl (C=O) groups excluding carboxylic acids is 1. The molecule has 2 rings (SSSR count). The first-order chi connectivity index (χ1) is 8.22. The van der Waals surface area contributed by atoms with Crippen molar-refractivity contribution in [3.8, 4) is 11.3 Å². The van der Waals surface area contributed by atoms with Crippen LogP contribution in [0.25, 0.3) is 11.3 Å². The fourth-order valence-corrected chi connectivity index (χ4v) is 1.73. The van der Waals surface area contributed by atoms with Gasteiger partial charge in [0, 0.05) is 11.8 Å². The third-order valence-electron chi connectivity index (χ3n) is 2.71. The van der Waals surface area contributed by atoms with Crippen LogP contribution in [0.2, 0.25) is 0 Å². The minimum Gasteiger partial charge on any atom is -0.366 e. The first-order valence-electron chi connectivity index (χ1n) is 5.56. The smallest absolute Gasteiger partial charge is 0.250 e. The van der Waals surface area contributed by atoms with Gasteiger partial charge in [-0.15, -0.1) is 0 Å². The van der Waals surface area contributed by atoms with Crippen molar-refractivity contribution in [3.05, 3.63) is 53.7 Å². The van der Waals surface area contributed by atoms with E-state index in [0.29, 0.717) is 11.3 Å². The molecule has 1 aromatic heterocycles. The Morgan fingerprint density at radius 1 is 1.24 bits per heavy atom. The number of primary amides is 1. The van der Waals surface area contributed by atoms with Crippen LogP contribution in [0.1, 0.15) is 22.8 Å². The lowest BCUT2D eigenvalue weighted by Crippen LogP contribution is -2.12. The quantitative estimate of drug-likeness (QED) is 0.873. The average molecular weight is 226 g/mol. The summed E-state index contributed by atoms with van der Waals surface area (Å²) < 4.78 is 0. The zero-order valence-electron chi connectivity index (χ0n) is 9.68. The van der Waals surface area contributed by atoms with E-state index in [1.165, 1.54) is 5.56 Å². The Labute approximate surface area is 100 Å². The van der Waals surface area contributed by atoms with Crippen molar-refractivity contribution in [3.63, 3.8) is 0 Å². The zero-order chi connectivity index (χ0) is 12.3. The minimum atomic E-state index is -0.451. The lowest BCUT2D eigenvalue weighted by Gasteiger charge is -2.06. The number of aryl methyl sites for hydroxylation is 1. The van der Waals surface area contributed by atoms with Gasteiger partial charge in [-0.3, -0.25) is 9.78 Å². The molecule has 1 aromatic carbocycles. The lowest BCUT2D eigenvalue weighted by atomic mass is 10.0. The van der Waals surface area contributed by atoms with Crippen LogP contribution in [0.4, 0.5) is 0 Å². The molecule has 0 saturated heterocycles. The van der Waals surface area contributed by atoms with Crippen molar-refractivity contribution in [2.75, 3.05) is 0 Å². The Bertz CT molecular complexity index is 532. The molecular weight excluding hydrogens is 212 g/mol. The molecule has 0 radical (unpaired) electrons. The zero-order valence-corrected chi connectivity index (χ0v) is 9.68. The molecule has 1 heterocycles. The van der Waals surface area contributed by atoms with E-state index in [4.69, 9.17) is 5.73 Å². The fourth-order valence-electron chi connectivity index (χ4n) is 1.73. The molecule has 0 bridgehead atoms. The number of aromatic nitrogens is 1. The number of pyridine rings is 1. The number of hydrogen-bond acceptors (Lipinski definition) is 2. The number of nitrogens with two attached hydrogens (primary N) is 1. The van der Waals surface area contributed by atoms with Crippen molar-refractivity contribution in [2.24, 2.45) is 5.73 Å². The third-order valence-corrected chi connectivity index (χ3v) is 2.71. The fraction of sp³-hybridized carbons (Fsp3) is 0.143. The summed E-state index contributed by atoms with van der Waals surface area (Å²) in [6.07, 6.45) is 2.65. The number of nitrogens with zero attached hydrogens (tertiary/aromatic N) is 1. The van der Waals surface area contributed by atoms with Crippen LogP contribution in [-0.4, -0.2) is 10.9 Å². The molecule has 2 N–H and O–H groups in total. The Hall–Kier alpha value is -2.16. The lowest BCUT2D eigenvalue weighted by molar-refractivity contribution is 0.100. The van der Waals surface area contributed by atoms with E-state index in [0.717, 1.165) is 12.0 Å². The number of carbonyl (C=O) groups is 1. The Kier molecular flexibility index (Phi) is 3.19. The summed E-state index contributed by atoms with van der Waals surface area (Å²) in [6.45, 7) is 2.10. The van der Waals surface area contributed by atoms with E-state index in [9.17, 15) is 4.79 Å². The van der Waals surface area contributed by atoms with Crippen LogP contribution in [0, 0.1) is 0 Å². The summed E-state index contributed by atoms with van der Waals surface area (Å²) in [5.41, 5.74) is 8.59. The molecule has 3 nitrogen and oxygen atoms in total. The van der Waals surface area contributed by atoms with Crippen molar-refractivity contribution >= 4 is 5.91 Å². The van der Waals surface area contributed by atoms with E-state index >= 15 is 0 Å². The van der Waals surface area contributed by atoms with Crippen molar-refractivity contribution in [1.29, 1.82) is 0 Å². The van der Waals surface area contributed by atoms with E-state index in [1.807, 2.05) is 24.3 Å². The second-order valence-electron chi connectivity index (χ2n) is 3.81. The van der Waals surface area contributed by atoms with Crippen LogP contribution in [0.15, 0.2) is 42.6 Å². The molecule has 1 amide bonds. The maximum absolute atomic E-state index is 11.3. The topological polar surface area (TPSA) is 56.0 Å². The second-order valence-corrected chi connectivity index (χ2v) is 3.81. The highest BCUT2D eigenvalue weighted by Gasteiger charge is 2.10. The van der Waals surface area contributed by atoms with Crippen molar-refractivity contribution in [2.45, 2.75) is 13.3 Å². The predicted molar refractivity (Wildman–Crippen MR) is 67.6 cm³/mol. The molecule has 0 spiro atoms. The molecule has 0 aliphatic heterocycles. The molecule has 0 saturated carbocycles. The molecule has 0 atom stereocenters.